The first-order valence-electron chi connectivity index (χ1n) is 15.2. The first-order valence-corrected chi connectivity index (χ1v) is 16.0. The van der Waals surface area contributed by atoms with Gasteiger partial charge in [-0.05, 0) is 79.7 Å². The molecule has 0 amide bonds. The molecule has 0 saturated carbocycles. The van der Waals surface area contributed by atoms with Crippen molar-refractivity contribution in [2.45, 2.75) is 13.8 Å². The summed E-state index contributed by atoms with van der Waals surface area (Å²) in [5.41, 5.74) is 8.27. The molecule has 2 atom stereocenters. The van der Waals surface area contributed by atoms with Gasteiger partial charge < -0.3 is 0 Å². The van der Waals surface area contributed by atoms with Gasteiger partial charge in [0.05, 0.1) is 0 Å². The number of aryl methyl sites for hydroxylation is 1. The number of thiophene rings is 1. The van der Waals surface area contributed by atoms with E-state index in [1.54, 1.807) is 0 Å². The Labute approximate surface area is 255 Å². The predicted molar refractivity (Wildman–Crippen MR) is 187 cm³/mol. The fourth-order valence-corrected chi connectivity index (χ4v) is 9.14. The summed E-state index contributed by atoms with van der Waals surface area (Å²) in [5.74, 6) is 0.741. The highest BCUT2D eigenvalue weighted by atomic mass is 32.1. The van der Waals surface area contributed by atoms with Crippen molar-refractivity contribution in [1.82, 2.24) is 0 Å². The zero-order chi connectivity index (χ0) is 28.7. The quantitative estimate of drug-likeness (QED) is 0.183. The maximum absolute atomic E-state index is 2.44. The average Bonchev–Trinajstić information content (AvgIpc) is 3.44. The van der Waals surface area contributed by atoms with E-state index >= 15 is 0 Å². The molecule has 6 aromatic carbocycles. The van der Waals surface area contributed by atoms with Crippen molar-refractivity contribution in [3.63, 3.8) is 0 Å². The van der Waals surface area contributed by atoms with Crippen LogP contribution in [-0.2, 0) is 0 Å². The highest BCUT2D eigenvalue weighted by Crippen LogP contribution is 2.45. The van der Waals surface area contributed by atoms with Gasteiger partial charge in [-0.3, -0.25) is 0 Å². The van der Waals surface area contributed by atoms with E-state index in [0.717, 1.165) is 0 Å². The molecule has 0 spiro atoms. The summed E-state index contributed by atoms with van der Waals surface area (Å²) in [7, 11) is 0. The fraction of sp³-hybridized carbons (Fsp3) is 0.0952. The van der Waals surface area contributed by atoms with Crippen LogP contribution in [0.25, 0.3) is 64.0 Å². The Kier molecular flexibility index (Phi) is 5.43. The van der Waals surface area contributed by atoms with Crippen molar-refractivity contribution in [3.8, 4) is 11.1 Å². The Morgan fingerprint density at radius 1 is 0.535 bits per heavy atom. The molecule has 0 fully saturated rings. The molecule has 1 heteroatoms. The molecule has 0 aliphatic heterocycles. The lowest BCUT2D eigenvalue weighted by molar-refractivity contribution is 0.682. The zero-order valence-corrected chi connectivity index (χ0v) is 25.1. The average molecular weight is 567 g/mol. The van der Waals surface area contributed by atoms with Gasteiger partial charge in [0.2, 0.25) is 0 Å². The minimum Gasteiger partial charge on any atom is -0.135 e. The summed E-state index contributed by atoms with van der Waals surface area (Å²) in [5, 5.41) is 10.8. The first-order chi connectivity index (χ1) is 21.2. The lowest BCUT2D eigenvalue weighted by Crippen LogP contribution is -2.39. The lowest BCUT2D eigenvalue weighted by atomic mass is 9.72. The smallest absolute Gasteiger partial charge is 0.0431 e. The van der Waals surface area contributed by atoms with Gasteiger partial charge in [-0.2, -0.15) is 0 Å². The first kappa shape index (κ1) is 24.8. The Balaban J connectivity index is 1.33. The van der Waals surface area contributed by atoms with Gasteiger partial charge >= 0.3 is 0 Å². The van der Waals surface area contributed by atoms with Crippen LogP contribution in [0.1, 0.15) is 18.1 Å². The summed E-state index contributed by atoms with van der Waals surface area (Å²) in [6, 6.07) is 40.9. The third kappa shape index (κ3) is 3.55. The number of fused-ring (bicyclic) bond motifs is 7. The van der Waals surface area contributed by atoms with E-state index in [9.17, 15) is 0 Å². The second kappa shape index (κ2) is 9.39. The second-order valence-electron chi connectivity index (χ2n) is 12.1. The molecular formula is C42H30S. The van der Waals surface area contributed by atoms with Crippen molar-refractivity contribution in [2.24, 2.45) is 11.8 Å². The van der Waals surface area contributed by atoms with Gasteiger partial charge in [0, 0.05) is 32.0 Å². The van der Waals surface area contributed by atoms with Crippen LogP contribution < -0.4 is 10.4 Å². The minimum absolute atomic E-state index is 0.344. The van der Waals surface area contributed by atoms with Gasteiger partial charge in [-0.25, -0.2) is 0 Å². The summed E-state index contributed by atoms with van der Waals surface area (Å²) in [6.07, 6.45) is 9.26. The van der Waals surface area contributed by atoms with Crippen LogP contribution in [0.2, 0.25) is 0 Å². The Morgan fingerprint density at radius 2 is 1.16 bits per heavy atom. The molecule has 1 heterocycles. The molecule has 204 valence electrons. The van der Waals surface area contributed by atoms with E-state index in [2.05, 4.69) is 147 Å². The molecule has 43 heavy (non-hydrogen) atoms. The van der Waals surface area contributed by atoms with E-state index in [4.69, 9.17) is 0 Å². The molecule has 0 N–H and O–H groups in total. The second-order valence-corrected chi connectivity index (χ2v) is 13.1. The maximum Gasteiger partial charge on any atom is 0.0431 e. The molecule has 9 rings (SSSR count). The molecule has 0 nitrogen and oxygen atoms in total. The van der Waals surface area contributed by atoms with E-state index in [-0.39, 0.29) is 0 Å². The van der Waals surface area contributed by atoms with E-state index in [1.807, 2.05) is 11.3 Å². The monoisotopic (exact) mass is 566 g/mol. The third-order valence-electron chi connectivity index (χ3n) is 9.89. The van der Waals surface area contributed by atoms with Crippen LogP contribution in [-0.4, -0.2) is 0 Å². The van der Waals surface area contributed by atoms with Crippen LogP contribution in [0.15, 0.2) is 133 Å². The van der Waals surface area contributed by atoms with Crippen molar-refractivity contribution in [1.29, 1.82) is 0 Å². The number of hydrogen-bond donors (Lipinski definition) is 0. The Bertz CT molecular complexity index is 2430. The van der Waals surface area contributed by atoms with E-state index in [1.165, 1.54) is 85.6 Å². The molecule has 0 saturated heterocycles. The number of benzene rings is 6. The van der Waals surface area contributed by atoms with Crippen molar-refractivity contribution in [3.05, 3.63) is 155 Å². The van der Waals surface area contributed by atoms with Crippen LogP contribution in [0.4, 0.5) is 0 Å². The molecule has 0 bridgehead atoms. The third-order valence-corrected chi connectivity index (χ3v) is 11.1. The minimum atomic E-state index is 0.344. The molecule has 2 unspecified atom stereocenters. The predicted octanol–water partition coefficient (Wildman–Crippen LogP) is 10.1. The van der Waals surface area contributed by atoms with E-state index in [0.29, 0.717) is 11.8 Å². The Hall–Kier alpha value is -4.72. The summed E-state index contributed by atoms with van der Waals surface area (Å²) in [4.78, 5) is 0. The van der Waals surface area contributed by atoms with Crippen LogP contribution >= 0.6 is 11.3 Å². The zero-order valence-electron chi connectivity index (χ0n) is 24.3. The van der Waals surface area contributed by atoms with Crippen LogP contribution in [0.3, 0.4) is 0 Å². The van der Waals surface area contributed by atoms with Gasteiger partial charge in [0.1, 0.15) is 0 Å². The standard InChI is InChI=1S/C42H30S/c1-25-28-12-3-7-16-33(28)40(34-17-8-4-13-29(25)34)27-22-23-32-37-20-11-21-38(42(37)43-39(32)24-27)41-35-18-9-5-14-30(35)26(2)31-15-6-10-19-36(31)41/h3-24,30,35H,1-2H3. The van der Waals surface area contributed by atoms with Crippen molar-refractivity contribution >= 4 is 64.2 Å². The van der Waals surface area contributed by atoms with Crippen LogP contribution in [0.5, 0.6) is 0 Å². The molecule has 0 radical (unpaired) electrons. The van der Waals surface area contributed by atoms with E-state index < -0.39 is 0 Å². The topological polar surface area (TPSA) is 0 Å². The van der Waals surface area contributed by atoms with Crippen molar-refractivity contribution < 1.29 is 0 Å². The van der Waals surface area contributed by atoms with Gasteiger partial charge in [-0.1, -0.05) is 133 Å². The molecular weight excluding hydrogens is 537 g/mol. The van der Waals surface area contributed by atoms with Gasteiger partial charge in [-0.15, -0.1) is 11.3 Å². The molecule has 1 aromatic heterocycles. The number of rotatable bonds is 2. The maximum atomic E-state index is 2.44. The fourth-order valence-electron chi connectivity index (χ4n) is 7.87. The number of hydrogen-bond acceptors (Lipinski definition) is 1. The van der Waals surface area contributed by atoms with Gasteiger partial charge in [0.15, 0.2) is 0 Å². The summed E-state index contributed by atoms with van der Waals surface area (Å²) < 4.78 is 2.73. The SMILES string of the molecule is CC1=c2ccccc2=C(c2cccc3c2sc2cc(-c4c5ccccc5c(C)c5ccccc45)ccc23)C2C=CC=CC12. The Morgan fingerprint density at radius 3 is 1.91 bits per heavy atom. The van der Waals surface area contributed by atoms with Gasteiger partial charge in [0.25, 0.3) is 0 Å². The highest BCUT2D eigenvalue weighted by molar-refractivity contribution is 7.26. The highest BCUT2D eigenvalue weighted by Gasteiger charge is 2.30. The normalized spacial score (nSPS) is 17.7. The summed E-state index contributed by atoms with van der Waals surface area (Å²) >= 11 is 1.95. The number of allylic oxidation sites excluding steroid dienone is 4. The molecule has 2 aliphatic rings. The summed E-state index contributed by atoms with van der Waals surface area (Å²) in [6.45, 7) is 4.57. The van der Waals surface area contributed by atoms with Crippen molar-refractivity contribution in [2.75, 3.05) is 0 Å². The van der Waals surface area contributed by atoms with Crippen LogP contribution in [0, 0.1) is 18.8 Å². The molecule has 7 aromatic rings. The molecule has 2 aliphatic carbocycles. The largest absolute Gasteiger partial charge is 0.135 e. The lowest BCUT2D eigenvalue weighted by Gasteiger charge is -2.32.